The molecule has 4 aliphatic carbocycles. The number of aliphatic hydroxyl groups is 1. The summed E-state index contributed by atoms with van der Waals surface area (Å²) in [6, 6.07) is 16.2. The predicted molar refractivity (Wildman–Crippen MR) is 106 cm³/mol. The third-order valence-corrected chi connectivity index (χ3v) is 6.96. The smallest absolute Gasteiger partial charge is 0.251 e. The first-order chi connectivity index (χ1) is 13.5. The number of nitrogens with one attached hydrogen (secondary N) is 1. The molecule has 0 saturated heterocycles. The highest BCUT2D eigenvalue weighted by atomic mass is 16.3. The van der Waals surface area contributed by atoms with Crippen molar-refractivity contribution in [2.45, 2.75) is 43.7 Å². The highest BCUT2D eigenvalue weighted by Gasteiger charge is 2.55. The molecule has 4 fully saturated rings. The van der Waals surface area contributed by atoms with Gasteiger partial charge in [0, 0.05) is 22.7 Å². The third-order valence-electron chi connectivity index (χ3n) is 6.96. The second-order valence-corrected chi connectivity index (χ2v) is 8.97. The molecule has 2 aromatic carbocycles. The Morgan fingerprint density at radius 1 is 0.857 bits per heavy atom. The standard InChI is InChI=1S/C24H25NO3/c26-22(16-5-2-1-3-6-16)17-7-4-8-18(11-17)23(27)25-21-19-9-15-10-20(21)14-24(28,12-15)13-19/h1-8,11,15,19-21,28H,9-10,12-14H2,(H,25,27). The summed E-state index contributed by atoms with van der Waals surface area (Å²) in [7, 11) is 0. The maximum absolute atomic E-state index is 12.9. The average Bonchev–Trinajstić information content (AvgIpc) is 2.69. The van der Waals surface area contributed by atoms with Gasteiger partial charge in [0.15, 0.2) is 5.78 Å². The van der Waals surface area contributed by atoms with Crippen LogP contribution in [0.15, 0.2) is 54.6 Å². The van der Waals surface area contributed by atoms with Gasteiger partial charge >= 0.3 is 0 Å². The fourth-order valence-electron chi connectivity index (χ4n) is 6.01. The Bertz CT molecular complexity index is 906. The second-order valence-electron chi connectivity index (χ2n) is 8.97. The zero-order valence-corrected chi connectivity index (χ0v) is 15.8. The van der Waals surface area contributed by atoms with Crippen LogP contribution >= 0.6 is 0 Å². The lowest BCUT2D eigenvalue weighted by atomic mass is 9.52. The summed E-state index contributed by atoms with van der Waals surface area (Å²) in [4.78, 5) is 25.6. The van der Waals surface area contributed by atoms with Crippen molar-refractivity contribution in [2.75, 3.05) is 0 Å². The second kappa shape index (κ2) is 6.56. The van der Waals surface area contributed by atoms with E-state index < -0.39 is 5.60 Å². The zero-order valence-electron chi connectivity index (χ0n) is 15.8. The van der Waals surface area contributed by atoms with Gasteiger partial charge in [-0.2, -0.15) is 0 Å². The number of carbonyl (C=O) groups is 2. The van der Waals surface area contributed by atoms with Crippen molar-refractivity contribution >= 4 is 11.7 Å². The van der Waals surface area contributed by atoms with E-state index in [-0.39, 0.29) is 17.7 Å². The van der Waals surface area contributed by atoms with Crippen molar-refractivity contribution in [1.82, 2.24) is 5.32 Å². The van der Waals surface area contributed by atoms with Gasteiger partial charge in [0.1, 0.15) is 0 Å². The molecule has 0 radical (unpaired) electrons. The first-order valence-corrected chi connectivity index (χ1v) is 10.2. The largest absolute Gasteiger partial charge is 0.390 e. The van der Waals surface area contributed by atoms with Gasteiger partial charge in [0.05, 0.1) is 5.60 Å². The van der Waals surface area contributed by atoms with Gasteiger partial charge in [-0.3, -0.25) is 9.59 Å². The number of ketones is 1. The lowest BCUT2D eigenvalue weighted by Gasteiger charge is -2.58. The summed E-state index contributed by atoms with van der Waals surface area (Å²) in [6.07, 6.45) is 4.76. The molecule has 6 rings (SSSR count). The molecule has 0 aliphatic heterocycles. The molecule has 2 aromatic rings. The van der Waals surface area contributed by atoms with Crippen molar-refractivity contribution in [3.63, 3.8) is 0 Å². The van der Waals surface area contributed by atoms with Gasteiger partial charge in [-0.05, 0) is 62.0 Å². The minimum Gasteiger partial charge on any atom is -0.390 e. The van der Waals surface area contributed by atoms with Crippen LogP contribution in [0.3, 0.4) is 0 Å². The Morgan fingerprint density at radius 3 is 2.18 bits per heavy atom. The Balaban J connectivity index is 1.33. The van der Waals surface area contributed by atoms with Crippen LogP contribution in [0.4, 0.5) is 0 Å². The van der Waals surface area contributed by atoms with Crippen LogP contribution in [0, 0.1) is 17.8 Å². The van der Waals surface area contributed by atoms with Crippen LogP contribution in [-0.2, 0) is 0 Å². The molecule has 4 aliphatic rings. The summed E-state index contributed by atoms with van der Waals surface area (Å²) in [5, 5.41) is 14.0. The third kappa shape index (κ3) is 3.06. The summed E-state index contributed by atoms with van der Waals surface area (Å²) in [5.74, 6) is 1.16. The highest BCUT2D eigenvalue weighted by molar-refractivity contribution is 6.10. The topological polar surface area (TPSA) is 66.4 Å². The first kappa shape index (κ1) is 17.6. The van der Waals surface area contributed by atoms with E-state index in [9.17, 15) is 14.7 Å². The van der Waals surface area contributed by atoms with E-state index in [1.54, 1.807) is 36.4 Å². The lowest BCUT2D eigenvalue weighted by Crippen LogP contribution is -2.61. The Labute approximate surface area is 165 Å². The molecule has 0 heterocycles. The summed E-state index contributed by atoms with van der Waals surface area (Å²) in [5.41, 5.74) is 1.17. The average molecular weight is 375 g/mol. The first-order valence-electron chi connectivity index (χ1n) is 10.2. The molecule has 1 amide bonds. The molecular formula is C24H25NO3. The Kier molecular flexibility index (Phi) is 4.13. The number of hydrogen-bond donors (Lipinski definition) is 2. The molecule has 4 bridgehead atoms. The van der Waals surface area contributed by atoms with Crippen LogP contribution in [0.2, 0.25) is 0 Å². The lowest BCUT2D eigenvalue weighted by molar-refractivity contribution is -0.136. The molecule has 0 aromatic heterocycles. The fraction of sp³-hybridized carbons (Fsp3) is 0.417. The molecule has 2 atom stereocenters. The predicted octanol–water partition coefficient (Wildman–Crippen LogP) is 3.59. The maximum Gasteiger partial charge on any atom is 0.251 e. The molecular weight excluding hydrogens is 350 g/mol. The molecule has 144 valence electrons. The normalized spacial score (nSPS) is 32.9. The van der Waals surface area contributed by atoms with Crippen LogP contribution in [0.1, 0.15) is 58.4 Å². The fourth-order valence-corrected chi connectivity index (χ4v) is 6.01. The molecule has 28 heavy (non-hydrogen) atoms. The number of rotatable bonds is 4. The van der Waals surface area contributed by atoms with E-state index in [0.29, 0.717) is 34.4 Å². The van der Waals surface area contributed by atoms with E-state index in [4.69, 9.17) is 0 Å². The van der Waals surface area contributed by atoms with Crippen molar-refractivity contribution in [1.29, 1.82) is 0 Å². The molecule has 2 unspecified atom stereocenters. The number of benzene rings is 2. The van der Waals surface area contributed by atoms with Crippen LogP contribution in [0.5, 0.6) is 0 Å². The molecule has 4 nitrogen and oxygen atoms in total. The zero-order chi connectivity index (χ0) is 19.3. The van der Waals surface area contributed by atoms with Gasteiger partial charge in [-0.15, -0.1) is 0 Å². The minimum atomic E-state index is -0.500. The van der Waals surface area contributed by atoms with Gasteiger partial charge in [0.2, 0.25) is 0 Å². The quantitative estimate of drug-likeness (QED) is 0.803. The van der Waals surface area contributed by atoms with Crippen molar-refractivity contribution in [3.8, 4) is 0 Å². The monoisotopic (exact) mass is 375 g/mol. The molecule has 4 heteroatoms. The van der Waals surface area contributed by atoms with E-state index in [2.05, 4.69) is 5.32 Å². The Morgan fingerprint density at radius 2 is 1.50 bits per heavy atom. The number of hydrogen-bond acceptors (Lipinski definition) is 3. The van der Waals surface area contributed by atoms with E-state index in [1.165, 1.54) is 0 Å². The van der Waals surface area contributed by atoms with Crippen LogP contribution in [0.25, 0.3) is 0 Å². The highest BCUT2D eigenvalue weighted by Crippen LogP contribution is 2.55. The SMILES string of the molecule is O=C(NC1C2CC3CC1CC(O)(C3)C2)c1cccc(C(=O)c2ccccc2)c1. The van der Waals surface area contributed by atoms with Gasteiger partial charge in [0.25, 0.3) is 5.91 Å². The van der Waals surface area contributed by atoms with Crippen molar-refractivity contribution in [2.24, 2.45) is 17.8 Å². The molecule has 2 N–H and O–H groups in total. The summed E-state index contributed by atoms with van der Waals surface area (Å²) >= 11 is 0. The Hall–Kier alpha value is -2.46. The summed E-state index contributed by atoms with van der Waals surface area (Å²) < 4.78 is 0. The number of amides is 1. The van der Waals surface area contributed by atoms with Gasteiger partial charge in [-0.1, -0.05) is 42.5 Å². The number of carbonyl (C=O) groups excluding carboxylic acids is 2. The van der Waals surface area contributed by atoms with Crippen molar-refractivity contribution in [3.05, 3.63) is 71.3 Å². The van der Waals surface area contributed by atoms with E-state index in [1.807, 2.05) is 18.2 Å². The van der Waals surface area contributed by atoms with Crippen LogP contribution < -0.4 is 5.32 Å². The van der Waals surface area contributed by atoms with Gasteiger partial charge < -0.3 is 10.4 Å². The van der Waals surface area contributed by atoms with Crippen molar-refractivity contribution < 1.29 is 14.7 Å². The summed E-state index contributed by atoms with van der Waals surface area (Å²) in [6.45, 7) is 0. The van der Waals surface area contributed by atoms with E-state index >= 15 is 0 Å². The van der Waals surface area contributed by atoms with Gasteiger partial charge in [-0.25, -0.2) is 0 Å². The molecule has 0 spiro atoms. The maximum atomic E-state index is 12.9. The molecule has 4 saturated carbocycles. The van der Waals surface area contributed by atoms with E-state index in [0.717, 1.165) is 32.1 Å². The van der Waals surface area contributed by atoms with Crippen LogP contribution in [-0.4, -0.2) is 28.4 Å². The minimum absolute atomic E-state index is 0.0768.